The molecule has 0 aliphatic carbocycles. The van der Waals surface area contributed by atoms with Crippen molar-refractivity contribution in [2.45, 2.75) is 38.8 Å². The smallest absolute Gasteiger partial charge is 0.264 e. The number of aromatic nitrogens is 2. The molecule has 146 valence electrons. The fourth-order valence-electron chi connectivity index (χ4n) is 2.82. The van der Waals surface area contributed by atoms with Crippen LogP contribution in [0, 0.1) is 0 Å². The second-order valence-corrected chi connectivity index (χ2v) is 9.30. The van der Waals surface area contributed by atoms with Gasteiger partial charge < -0.3 is 9.13 Å². The zero-order valence-electron chi connectivity index (χ0n) is 14.4. The Morgan fingerprint density at radius 1 is 0.692 bits per heavy atom. The third kappa shape index (κ3) is 6.94. The Morgan fingerprint density at radius 2 is 1.08 bits per heavy atom. The molecule has 0 atom stereocenters. The molecule has 0 aliphatic rings. The van der Waals surface area contributed by atoms with Gasteiger partial charge in [0.1, 0.15) is 0 Å². The molecule has 2 N–H and O–H groups in total. The summed E-state index contributed by atoms with van der Waals surface area (Å²) in [7, 11) is -7.85. The van der Waals surface area contributed by atoms with E-state index in [2.05, 4.69) is 0 Å². The Balaban J connectivity index is 1.95. The van der Waals surface area contributed by atoms with E-state index in [-0.39, 0.29) is 11.5 Å². The summed E-state index contributed by atoms with van der Waals surface area (Å²) in [4.78, 5) is 0. The van der Waals surface area contributed by atoms with E-state index in [0.717, 1.165) is 11.4 Å². The molecule has 0 saturated heterocycles. The Hall–Kier alpha value is -1.62. The molecule has 8 nitrogen and oxygen atoms in total. The Labute approximate surface area is 154 Å². The molecule has 0 aromatic carbocycles. The van der Waals surface area contributed by atoms with Crippen molar-refractivity contribution in [2.75, 3.05) is 11.5 Å². The maximum Gasteiger partial charge on any atom is 0.264 e. The molecule has 0 unspecified atom stereocenters. The maximum absolute atomic E-state index is 10.8. The Bertz CT molecular complexity index is 836. The first-order valence-corrected chi connectivity index (χ1v) is 11.6. The fourth-order valence-corrected chi connectivity index (χ4v) is 3.95. The average Bonchev–Trinajstić information content (AvgIpc) is 3.14. The Morgan fingerprint density at radius 3 is 1.42 bits per heavy atom. The molecule has 0 fully saturated rings. The van der Waals surface area contributed by atoms with Gasteiger partial charge in [-0.25, -0.2) is 0 Å². The van der Waals surface area contributed by atoms with Crippen LogP contribution in [0.1, 0.15) is 25.7 Å². The molecule has 0 radical (unpaired) electrons. The van der Waals surface area contributed by atoms with Gasteiger partial charge in [0, 0.05) is 25.5 Å². The summed E-state index contributed by atoms with van der Waals surface area (Å²) in [5, 5.41) is 0. The molecule has 0 bridgehead atoms. The first kappa shape index (κ1) is 20.7. The lowest BCUT2D eigenvalue weighted by atomic mass is 10.2. The van der Waals surface area contributed by atoms with Crippen LogP contribution in [0.4, 0.5) is 0 Å². The van der Waals surface area contributed by atoms with Crippen LogP contribution in [0.3, 0.4) is 0 Å². The van der Waals surface area contributed by atoms with Gasteiger partial charge in [-0.05, 0) is 49.9 Å². The van der Waals surface area contributed by atoms with Gasteiger partial charge >= 0.3 is 0 Å². The van der Waals surface area contributed by atoms with Gasteiger partial charge in [-0.3, -0.25) is 9.11 Å². The van der Waals surface area contributed by atoms with Crippen molar-refractivity contribution in [1.82, 2.24) is 9.13 Å². The van der Waals surface area contributed by atoms with Crippen LogP contribution in [-0.4, -0.2) is 46.6 Å². The zero-order valence-corrected chi connectivity index (χ0v) is 16.0. The van der Waals surface area contributed by atoms with E-state index in [0.29, 0.717) is 38.8 Å². The number of rotatable bonds is 11. The van der Waals surface area contributed by atoms with Gasteiger partial charge in [0.05, 0.1) is 22.9 Å². The highest BCUT2D eigenvalue weighted by molar-refractivity contribution is 7.86. The van der Waals surface area contributed by atoms with Crippen molar-refractivity contribution in [3.8, 4) is 11.4 Å². The van der Waals surface area contributed by atoms with Crippen molar-refractivity contribution in [2.24, 2.45) is 0 Å². The standard InChI is InChI=1S/C16H24N2O6S2/c19-25(20,21)13-3-1-9-17-11-5-7-15(17)16-8-6-12-18(16)10-2-4-14-26(22,23)24/h5-8,11-12H,1-4,9-10,13-14H2,(H,19,20,21)(H,22,23,24). The summed E-state index contributed by atoms with van der Waals surface area (Å²) >= 11 is 0. The molecule has 10 heteroatoms. The normalized spacial score (nSPS) is 12.5. The molecule has 0 spiro atoms. The quantitative estimate of drug-likeness (QED) is 0.438. The molecular formula is C16H24N2O6S2. The molecule has 2 heterocycles. The van der Waals surface area contributed by atoms with Gasteiger partial charge in [-0.1, -0.05) is 0 Å². The summed E-state index contributed by atoms with van der Waals surface area (Å²) in [5.74, 6) is -0.485. The van der Waals surface area contributed by atoms with Crippen LogP contribution in [-0.2, 0) is 33.3 Å². The molecular weight excluding hydrogens is 380 g/mol. The zero-order chi connectivity index (χ0) is 19.2. The third-order valence-corrected chi connectivity index (χ3v) is 5.63. The average molecular weight is 405 g/mol. The van der Waals surface area contributed by atoms with Gasteiger partial charge in [0.15, 0.2) is 0 Å². The van der Waals surface area contributed by atoms with Crippen LogP contribution in [0.25, 0.3) is 11.4 Å². The van der Waals surface area contributed by atoms with Crippen molar-refractivity contribution in [3.05, 3.63) is 36.7 Å². The predicted octanol–water partition coefficient (Wildman–Crippen LogP) is 2.29. The van der Waals surface area contributed by atoms with E-state index in [1.165, 1.54) is 0 Å². The van der Waals surface area contributed by atoms with E-state index in [1.807, 2.05) is 45.8 Å². The monoisotopic (exact) mass is 404 g/mol. The second-order valence-electron chi connectivity index (χ2n) is 6.16. The highest BCUT2D eigenvalue weighted by Gasteiger charge is 2.10. The van der Waals surface area contributed by atoms with Crippen LogP contribution in [0.5, 0.6) is 0 Å². The molecule has 0 amide bonds. The predicted molar refractivity (Wildman–Crippen MR) is 99.2 cm³/mol. The summed E-state index contributed by atoms with van der Waals surface area (Å²) < 4.78 is 64.7. The van der Waals surface area contributed by atoms with E-state index in [1.54, 1.807) is 0 Å². The van der Waals surface area contributed by atoms with Crippen LogP contribution in [0.15, 0.2) is 36.7 Å². The van der Waals surface area contributed by atoms with Crippen molar-refractivity contribution >= 4 is 20.2 Å². The number of unbranched alkanes of at least 4 members (excludes halogenated alkanes) is 2. The minimum absolute atomic E-state index is 0.242. The Kier molecular flexibility index (Phi) is 7.04. The lowest BCUT2D eigenvalue weighted by molar-refractivity contribution is 0.476. The summed E-state index contributed by atoms with van der Waals surface area (Å²) in [6.07, 6.45) is 5.84. The topological polar surface area (TPSA) is 119 Å². The highest BCUT2D eigenvalue weighted by Crippen LogP contribution is 2.22. The second kappa shape index (κ2) is 8.85. The number of hydrogen-bond acceptors (Lipinski definition) is 4. The molecule has 0 saturated carbocycles. The van der Waals surface area contributed by atoms with Crippen LogP contribution >= 0.6 is 0 Å². The van der Waals surface area contributed by atoms with Gasteiger partial charge in [0.25, 0.3) is 20.2 Å². The van der Waals surface area contributed by atoms with Crippen molar-refractivity contribution in [1.29, 1.82) is 0 Å². The largest absolute Gasteiger partial charge is 0.346 e. The lowest BCUT2D eigenvalue weighted by Gasteiger charge is -2.13. The van der Waals surface area contributed by atoms with Gasteiger partial charge in [0.2, 0.25) is 0 Å². The van der Waals surface area contributed by atoms with Crippen LogP contribution < -0.4 is 0 Å². The van der Waals surface area contributed by atoms with E-state index < -0.39 is 20.2 Å². The molecule has 2 aromatic heterocycles. The first-order valence-electron chi connectivity index (χ1n) is 8.37. The minimum Gasteiger partial charge on any atom is -0.346 e. The van der Waals surface area contributed by atoms with E-state index in [4.69, 9.17) is 9.11 Å². The third-order valence-electron chi connectivity index (χ3n) is 4.02. The lowest BCUT2D eigenvalue weighted by Crippen LogP contribution is -2.08. The summed E-state index contributed by atoms with van der Waals surface area (Å²) in [5.41, 5.74) is 1.97. The highest BCUT2D eigenvalue weighted by atomic mass is 32.2. The maximum atomic E-state index is 10.8. The number of aryl methyl sites for hydroxylation is 2. The summed E-state index contributed by atoms with van der Waals surface area (Å²) in [6, 6.07) is 7.75. The number of nitrogens with zero attached hydrogens (tertiary/aromatic N) is 2. The molecule has 2 rings (SSSR count). The SMILES string of the molecule is O=S(=O)(O)CCCCn1cccc1-c1cccn1CCCCS(=O)(=O)O. The molecule has 26 heavy (non-hydrogen) atoms. The fraction of sp³-hybridized carbons (Fsp3) is 0.500. The van der Waals surface area contributed by atoms with Crippen molar-refractivity contribution < 1.29 is 25.9 Å². The molecule has 0 aliphatic heterocycles. The van der Waals surface area contributed by atoms with Gasteiger partial charge in [-0.2, -0.15) is 16.8 Å². The first-order chi connectivity index (χ1) is 12.2. The number of hydrogen-bond donors (Lipinski definition) is 2. The summed E-state index contributed by atoms with van der Waals surface area (Å²) in [6.45, 7) is 1.26. The minimum atomic E-state index is -3.92. The van der Waals surface area contributed by atoms with E-state index in [9.17, 15) is 16.8 Å². The van der Waals surface area contributed by atoms with Crippen LogP contribution in [0.2, 0.25) is 0 Å². The molecule has 2 aromatic rings. The van der Waals surface area contributed by atoms with Gasteiger partial charge in [-0.15, -0.1) is 0 Å². The van der Waals surface area contributed by atoms with Crippen molar-refractivity contribution in [3.63, 3.8) is 0 Å². The van der Waals surface area contributed by atoms with E-state index >= 15 is 0 Å².